The summed E-state index contributed by atoms with van der Waals surface area (Å²) in [6, 6.07) is 1.47. The molecule has 0 fully saturated rings. The molecule has 0 saturated carbocycles. The molecule has 0 radical (unpaired) electrons. The maximum Gasteiger partial charge on any atom is 0.337 e. The van der Waals surface area contributed by atoms with Gasteiger partial charge in [0.2, 0.25) is 0 Å². The van der Waals surface area contributed by atoms with Crippen LogP contribution in [-0.2, 0) is 0 Å². The molecule has 0 bridgehead atoms. The molecule has 0 unspecified atom stereocenters. The Hall–Kier alpha value is -1.29. The zero-order valence-electron chi connectivity index (χ0n) is 10.2. The molecule has 2 N–H and O–H groups in total. The number of aromatic carboxylic acids is 1. The lowest BCUT2D eigenvalue weighted by molar-refractivity contribution is 0.0697. The summed E-state index contributed by atoms with van der Waals surface area (Å²) >= 11 is 5.76. The van der Waals surface area contributed by atoms with Crippen LogP contribution in [0.3, 0.4) is 0 Å². The van der Waals surface area contributed by atoms with E-state index in [0.717, 1.165) is 12.8 Å². The molecule has 0 amide bonds. The molecule has 1 aromatic heterocycles. The van der Waals surface area contributed by atoms with Gasteiger partial charge in [0.25, 0.3) is 0 Å². The molecule has 4 nitrogen and oxygen atoms in total. The van der Waals surface area contributed by atoms with Gasteiger partial charge < -0.3 is 10.4 Å². The van der Waals surface area contributed by atoms with Crippen LogP contribution in [0.25, 0.3) is 0 Å². The summed E-state index contributed by atoms with van der Waals surface area (Å²) in [5.41, 5.74) is -0.0184. The van der Waals surface area contributed by atoms with Crippen LogP contribution >= 0.6 is 11.6 Å². The van der Waals surface area contributed by atoms with Gasteiger partial charge in [-0.05, 0) is 25.8 Å². The Kier molecular flexibility index (Phi) is 4.34. The maximum absolute atomic E-state index is 10.9. The van der Waals surface area contributed by atoms with Crippen molar-refractivity contribution >= 4 is 23.4 Å². The number of carbonyl (C=O) groups is 1. The fourth-order valence-electron chi connectivity index (χ4n) is 1.41. The molecule has 0 aliphatic heterocycles. The maximum atomic E-state index is 10.9. The van der Waals surface area contributed by atoms with Crippen molar-refractivity contribution in [1.82, 2.24) is 4.98 Å². The van der Waals surface area contributed by atoms with Crippen molar-refractivity contribution in [2.24, 2.45) is 0 Å². The van der Waals surface area contributed by atoms with Crippen LogP contribution in [0, 0.1) is 0 Å². The van der Waals surface area contributed by atoms with E-state index < -0.39 is 5.97 Å². The Morgan fingerprint density at radius 2 is 2.12 bits per heavy atom. The third-order valence-corrected chi connectivity index (χ3v) is 3.38. The Balaban J connectivity index is 3.01. The average Bonchev–Trinajstić information content (AvgIpc) is 2.31. The predicted molar refractivity (Wildman–Crippen MR) is 68.8 cm³/mol. The second-order valence-electron chi connectivity index (χ2n) is 4.25. The molecule has 0 atom stereocenters. The monoisotopic (exact) mass is 256 g/mol. The first kappa shape index (κ1) is 13.8. The van der Waals surface area contributed by atoms with Gasteiger partial charge in [0.1, 0.15) is 5.82 Å². The summed E-state index contributed by atoms with van der Waals surface area (Å²) in [5, 5.41) is 12.4. The molecule has 0 saturated heterocycles. The minimum absolute atomic E-state index is 0.0683. The highest BCUT2D eigenvalue weighted by molar-refractivity contribution is 6.33. The summed E-state index contributed by atoms with van der Waals surface area (Å²) in [5.74, 6) is -0.506. The Bertz CT molecular complexity index is 417. The van der Waals surface area contributed by atoms with Crippen LogP contribution in [0.15, 0.2) is 12.3 Å². The third-order valence-electron chi connectivity index (χ3n) is 3.08. The zero-order valence-corrected chi connectivity index (χ0v) is 11.0. The molecule has 0 spiro atoms. The molecule has 1 aromatic rings. The van der Waals surface area contributed by atoms with E-state index in [1.807, 2.05) is 0 Å². The van der Waals surface area contributed by atoms with Crippen molar-refractivity contribution in [3.8, 4) is 0 Å². The third kappa shape index (κ3) is 3.33. The zero-order chi connectivity index (χ0) is 13.1. The average molecular weight is 257 g/mol. The number of aromatic nitrogens is 1. The van der Waals surface area contributed by atoms with Crippen LogP contribution in [0.2, 0.25) is 5.02 Å². The van der Waals surface area contributed by atoms with Crippen LogP contribution in [-0.4, -0.2) is 21.6 Å². The first-order valence-electron chi connectivity index (χ1n) is 5.59. The second kappa shape index (κ2) is 5.36. The highest BCUT2D eigenvalue weighted by Crippen LogP contribution is 2.23. The van der Waals surface area contributed by atoms with Gasteiger partial charge in [-0.2, -0.15) is 0 Å². The number of hydrogen-bond donors (Lipinski definition) is 2. The number of carboxylic acid groups (broad SMARTS) is 1. The summed E-state index contributed by atoms with van der Waals surface area (Å²) < 4.78 is 0. The summed E-state index contributed by atoms with van der Waals surface area (Å²) in [6.45, 7) is 6.22. The summed E-state index contributed by atoms with van der Waals surface area (Å²) in [7, 11) is 0. The van der Waals surface area contributed by atoms with Crippen LogP contribution in [0.1, 0.15) is 44.0 Å². The van der Waals surface area contributed by atoms with Crippen molar-refractivity contribution in [1.29, 1.82) is 0 Å². The lowest BCUT2D eigenvalue weighted by Crippen LogP contribution is -2.33. The number of hydrogen-bond acceptors (Lipinski definition) is 3. The molecular weight excluding hydrogens is 240 g/mol. The Morgan fingerprint density at radius 1 is 1.53 bits per heavy atom. The number of halogens is 1. The normalized spacial score (nSPS) is 11.3. The minimum Gasteiger partial charge on any atom is -0.478 e. The highest BCUT2D eigenvalue weighted by Gasteiger charge is 2.20. The quantitative estimate of drug-likeness (QED) is 0.847. The van der Waals surface area contributed by atoms with Gasteiger partial charge in [0.15, 0.2) is 0 Å². The van der Waals surface area contributed by atoms with Gasteiger partial charge >= 0.3 is 5.97 Å². The standard InChI is InChI=1S/C12H17ClN2O2/c1-4-12(3,5-2)15-10-6-8(11(16)17)9(13)7-14-10/h6-7H,4-5H2,1-3H3,(H,14,15)(H,16,17). The molecule has 5 heteroatoms. The lowest BCUT2D eigenvalue weighted by Gasteiger charge is -2.29. The van der Waals surface area contributed by atoms with Gasteiger partial charge in [0.05, 0.1) is 10.6 Å². The van der Waals surface area contributed by atoms with Crippen molar-refractivity contribution in [2.45, 2.75) is 39.2 Å². The summed E-state index contributed by atoms with van der Waals surface area (Å²) in [6.07, 6.45) is 3.21. The molecular formula is C12H17ClN2O2. The van der Waals surface area contributed by atoms with Crippen LogP contribution < -0.4 is 5.32 Å². The van der Waals surface area contributed by atoms with Crippen molar-refractivity contribution in [3.63, 3.8) is 0 Å². The van der Waals surface area contributed by atoms with E-state index in [0.29, 0.717) is 5.82 Å². The van der Waals surface area contributed by atoms with E-state index in [9.17, 15) is 4.79 Å². The molecule has 0 aliphatic carbocycles. The molecule has 94 valence electrons. The SMILES string of the molecule is CCC(C)(CC)Nc1cc(C(=O)O)c(Cl)cn1. The fraction of sp³-hybridized carbons (Fsp3) is 0.500. The first-order valence-corrected chi connectivity index (χ1v) is 5.96. The van der Waals surface area contributed by atoms with Gasteiger partial charge in [-0.1, -0.05) is 25.4 Å². The van der Waals surface area contributed by atoms with E-state index in [1.54, 1.807) is 0 Å². The van der Waals surface area contributed by atoms with Crippen molar-refractivity contribution in [2.75, 3.05) is 5.32 Å². The molecule has 17 heavy (non-hydrogen) atoms. The fourth-order valence-corrected chi connectivity index (χ4v) is 1.59. The largest absolute Gasteiger partial charge is 0.478 e. The van der Waals surface area contributed by atoms with Crippen LogP contribution in [0.5, 0.6) is 0 Å². The molecule has 0 aromatic carbocycles. The number of nitrogens with zero attached hydrogens (tertiary/aromatic N) is 1. The molecule has 1 rings (SSSR count). The number of anilines is 1. The lowest BCUT2D eigenvalue weighted by atomic mass is 9.95. The van der Waals surface area contributed by atoms with Crippen molar-refractivity contribution in [3.05, 3.63) is 22.8 Å². The topological polar surface area (TPSA) is 62.2 Å². The molecule has 0 aliphatic rings. The van der Waals surface area contributed by atoms with E-state index in [1.165, 1.54) is 12.3 Å². The van der Waals surface area contributed by atoms with E-state index in [4.69, 9.17) is 16.7 Å². The smallest absolute Gasteiger partial charge is 0.337 e. The van der Waals surface area contributed by atoms with Gasteiger partial charge in [-0.25, -0.2) is 9.78 Å². The Labute approximate surface area is 106 Å². The number of carboxylic acids is 1. The first-order chi connectivity index (χ1) is 7.91. The molecule has 1 heterocycles. The van der Waals surface area contributed by atoms with E-state index in [-0.39, 0.29) is 16.1 Å². The van der Waals surface area contributed by atoms with Crippen molar-refractivity contribution < 1.29 is 9.90 Å². The summed E-state index contributed by atoms with van der Waals surface area (Å²) in [4.78, 5) is 15.0. The minimum atomic E-state index is -1.05. The predicted octanol–water partition coefficient (Wildman–Crippen LogP) is 3.42. The van der Waals surface area contributed by atoms with Gasteiger partial charge in [-0.3, -0.25) is 0 Å². The Morgan fingerprint density at radius 3 is 2.59 bits per heavy atom. The van der Waals surface area contributed by atoms with Gasteiger partial charge in [-0.15, -0.1) is 0 Å². The second-order valence-corrected chi connectivity index (χ2v) is 4.65. The highest BCUT2D eigenvalue weighted by atomic mass is 35.5. The van der Waals surface area contributed by atoms with Crippen LogP contribution in [0.4, 0.5) is 5.82 Å². The van der Waals surface area contributed by atoms with E-state index >= 15 is 0 Å². The van der Waals surface area contributed by atoms with Gasteiger partial charge in [0, 0.05) is 11.7 Å². The number of rotatable bonds is 5. The van der Waals surface area contributed by atoms with E-state index in [2.05, 4.69) is 31.1 Å². The number of nitrogens with one attached hydrogen (secondary N) is 1. The number of pyridine rings is 1.